The van der Waals surface area contributed by atoms with Gasteiger partial charge < -0.3 is 14.4 Å². The number of ketones is 1. The topological polar surface area (TPSA) is 105 Å². The highest BCUT2D eigenvalue weighted by Crippen LogP contribution is 2.35. The lowest BCUT2D eigenvalue weighted by Crippen LogP contribution is -2.51. The largest absolute Gasteiger partial charge is 0.366 e. The molecule has 0 amide bonds. The predicted octanol–water partition coefficient (Wildman–Crippen LogP) is 4.98. The lowest BCUT2D eigenvalue weighted by atomic mass is 10.1. The Balaban J connectivity index is 1.72. The van der Waals surface area contributed by atoms with Crippen LogP contribution in [0.25, 0.3) is 11.1 Å². The molecule has 2 aliphatic rings. The number of aliphatic imine (C=N–C) groups is 1. The molecular weight excluding hydrogens is 596 g/mol. The van der Waals surface area contributed by atoms with Gasteiger partial charge in [-0.25, -0.2) is 19.6 Å². The summed E-state index contributed by atoms with van der Waals surface area (Å²) in [5.41, 5.74) is 0.592. The maximum Gasteiger partial charge on any atom is 0.274 e. The van der Waals surface area contributed by atoms with E-state index >= 15 is 0 Å². The molecule has 0 radical (unpaired) electrons. The monoisotopic (exact) mass is 638 g/mol. The number of H-pyrrole nitrogens is 1. The summed E-state index contributed by atoms with van der Waals surface area (Å²) in [7, 11) is -2.61. The Bertz CT molecular complexity index is 1260. The lowest BCUT2D eigenvalue weighted by Gasteiger charge is -2.37. The van der Waals surface area contributed by atoms with Crippen LogP contribution in [0.5, 0.6) is 0 Å². The molecule has 0 aliphatic carbocycles. The summed E-state index contributed by atoms with van der Waals surface area (Å²) in [6.07, 6.45) is 0.690. The van der Waals surface area contributed by atoms with Gasteiger partial charge in [0.05, 0.1) is 5.56 Å². The molecule has 1 fully saturated rings. The van der Waals surface area contributed by atoms with Crippen molar-refractivity contribution >= 4 is 56.9 Å². The Labute approximate surface area is 253 Å². The first-order valence-corrected chi connectivity index (χ1v) is 23.1. The van der Waals surface area contributed by atoms with Crippen LogP contribution in [-0.4, -0.2) is 104 Å². The zero-order valence-electron chi connectivity index (χ0n) is 25.0. The summed E-state index contributed by atoms with van der Waals surface area (Å²) in [5, 5.41) is 3.23. The first-order valence-electron chi connectivity index (χ1n) is 14.2. The van der Waals surface area contributed by atoms with Gasteiger partial charge >= 0.3 is 0 Å². The third-order valence-corrected chi connectivity index (χ3v) is 11.6. The number of rotatable bonds is 12. The number of carbonyl (C=O) groups excluding carboxylic acids is 1. The van der Waals surface area contributed by atoms with Crippen molar-refractivity contribution in [1.29, 1.82) is 0 Å². The van der Waals surface area contributed by atoms with Crippen LogP contribution in [0.3, 0.4) is 0 Å². The second-order valence-corrected chi connectivity index (χ2v) is 25.8. The molecule has 0 spiro atoms. The normalized spacial score (nSPS) is 18.1. The van der Waals surface area contributed by atoms with E-state index in [4.69, 9.17) is 26.1 Å². The summed E-state index contributed by atoms with van der Waals surface area (Å²) in [5.74, 6) is 2.40. The van der Waals surface area contributed by atoms with Crippen molar-refractivity contribution < 1.29 is 14.3 Å². The van der Waals surface area contributed by atoms with Crippen LogP contribution in [0.4, 0.5) is 5.82 Å². The molecule has 1 saturated heterocycles. The Morgan fingerprint density at radius 2 is 1.63 bits per heavy atom. The number of hydrogen-bond acceptors (Lipinski definition) is 9. The number of ether oxygens (including phenoxy) is 2. The zero-order chi connectivity index (χ0) is 29.8. The molecular formula is C27H43ClN6O4SSi2. The molecule has 1 atom stereocenters. The van der Waals surface area contributed by atoms with Crippen LogP contribution in [0.2, 0.25) is 56.5 Å². The molecule has 226 valence electrons. The number of amidine groups is 1. The minimum absolute atomic E-state index is 0.181. The quantitative estimate of drug-likeness (QED) is 0.150. The van der Waals surface area contributed by atoms with Gasteiger partial charge in [-0.2, -0.15) is 11.8 Å². The number of aromatic nitrogens is 3. The number of carbonyl (C=O) groups is 1. The van der Waals surface area contributed by atoms with Gasteiger partial charge in [-0.3, -0.25) is 14.7 Å². The minimum atomic E-state index is -1.30. The van der Waals surface area contributed by atoms with Gasteiger partial charge in [0.25, 0.3) is 5.56 Å². The molecule has 1 N–H and O–H groups in total. The van der Waals surface area contributed by atoms with Crippen molar-refractivity contribution in [3.8, 4) is 11.1 Å². The molecule has 4 heterocycles. The average Bonchev–Trinajstić information content (AvgIpc) is 3.23. The maximum atomic E-state index is 14.2. The number of halogens is 1. The number of Topliss-reactive ketones (excluding diaryl/α,β-unsaturated/α-hetero) is 1. The first-order chi connectivity index (χ1) is 19.3. The number of aromatic amines is 1. The van der Waals surface area contributed by atoms with E-state index < -0.39 is 22.3 Å². The van der Waals surface area contributed by atoms with Crippen molar-refractivity contribution in [1.82, 2.24) is 24.6 Å². The number of fused-ring (bicyclic) bond motifs is 1. The Morgan fingerprint density at radius 1 is 1.02 bits per heavy atom. The van der Waals surface area contributed by atoms with E-state index in [-0.39, 0.29) is 24.8 Å². The molecule has 0 aromatic carbocycles. The third kappa shape index (κ3) is 8.65. The summed E-state index contributed by atoms with van der Waals surface area (Å²) < 4.78 is 13.9. The van der Waals surface area contributed by atoms with Crippen LogP contribution < -0.4 is 5.56 Å². The predicted molar refractivity (Wildman–Crippen MR) is 173 cm³/mol. The maximum absolute atomic E-state index is 14.2. The van der Waals surface area contributed by atoms with Gasteiger partial charge in [0.1, 0.15) is 18.6 Å². The van der Waals surface area contributed by atoms with Crippen molar-refractivity contribution in [2.24, 2.45) is 4.99 Å². The molecule has 0 bridgehead atoms. The summed E-state index contributed by atoms with van der Waals surface area (Å²) >= 11 is 7.89. The van der Waals surface area contributed by atoms with E-state index in [9.17, 15) is 9.59 Å². The average molecular weight is 639 g/mol. The van der Waals surface area contributed by atoms with Gasteiger partial charge in [-0.1, -0.05) is 50.9 Å². The van der Waals surface area contributed by atoms with Crippen molar-refractivity contribution in [2.75, 3.05) is 51.3 Å². The van der Waals surface area contributed by atoms with E-state index in [1.165, 1.54) is 0 Å². The second-order valence-electron chi connectivity index (χ2n) is 12.9. The third-order valence-electron chi connectivity index (χ3n) is 6.99. The van der Waals surface area contributed by atoms with Crippen molar-refractivity contribution in [3.63, 3.8) is 0 Å². The molecule has 4 rings (SSSR count). The lowest BCUT2D eigenvalue weighted by molar-refractivity contribution is -0.134. The summed E-state index contributed by atoms with van der Waals surface area (Å²) in [4.78, 5) is 40.5. The van der Waals surface area contributed by atoms with Gasteiger partial charge in [-0.15, -0.1) is 0 Å². The fourth-order valence-corrected chi connectivity index (χ4v) is 7.06. The van der Waals surface area contributed by atoms with Gasteiger partial charge in [0, 0.05) is 65.7 Å². The van der Waals surface area contributed by atoms with E-state index in [0.29, 0.717) is 54.2 Å². The highest BCUT2D eigenvalue weighted by Gasteiger charge is 2.41. The van der Waals surface area contributed by atoms with E-state index in [1.54, 1.807) is 23.0 Å². The Morgan fingerprint density at radius 3 is 2.17 bits per heavy atom. The first kappa shape index (κ1) is 32.2. The SMILES string of the molecule is C[Si](C)(C)CCOCN(COCC[Si](C)(C)C)C1C(=O)C(N2CCSCC2)=Nc2c(-c3ccc(Cl)nc3)c(=O)[nH]n21. The number of nitrogens with zero attached hydrogens (tertiary/aromatic N) is 5. The molecule has 1 unspecified atom stereocenters. The van der Waals surface area contributed by atoms with Crippen LogP contribution in [0.1, 0.15) is 6.17 Å². The smallest absolute Gasteiger partial charge is 0.274 e. The molecule has 2 aromatic heterocycles. The fourth-order valence-electron chi connectivity index (χ4n) is 4.53. The molecule has 0 saturated carbocycles. The molecule has 10 nitrogen and oxygen atoms in total. The van der Waals surface area contributed by atoms with Crippen LogP contribution >= 0.6 is 23.4 Å². The standard InChI is InChI=1S/C27H43ClN6O4SSi2/c1-40(2,3)15-11-37-18-33(19-38-12-16-41(4,5)6)27-23(35)25(32-9-13-39-14-10-32)30-24-22(26(36)31-34(24)27)20-7-8-21(28)29-17-20/h7-8,17,27H,9-16,18-19H2,1-6H3,(H,31,36). The van der Waals surface area contributed by atoms with Crippen molar-refractivity contribution in [3.05, 3.63) is 33.8 Å². The number of thioether (sulfide) groups is 1. The molecule has 2 aromatic rings. The fraction of sp³-hybridized carbons (Fsp3) is 0.630. The summed E-state index contributed by atoms with van der Waals surface area (Å²) in [6.45, 7) is 16.9. The van der Waals surface area contributed by atoms with E-state index in [1.807, 2.05) is 21.6 Å². The van der Waals surface area contributed by atoms with Gasteiger partial charge in [0.2, 0.25) is 5.78 Å². The number of hydrogen-bond donors (Lipinski definition) is 1. The summed E-state index contributed by atoms with van der Waals surface area (Å²) in [6, 6.07) is 5.40. The van der Waals surface area contributed by atoms with Crippen molar-refractivity contribution in [2.45, 2.75) is 57.5 Å². The highest BCUT2D eigenvalue weighted by molar-refractivity contribution is 7.99. The highest BCUT2D eigenvalue weighted by atomic mass is 35.5. The molecule has 41 heavy (non-hydrogen) atoms. The number of nitrogens with one attached hydrogen (secondary N) is 1. The number of pyridine rings is 1. The Hall–Kier alpha value is -1.75. The van der Waals surface area contributed by atoms with Crippen LogP contribution in [-0.2, 0) is 14.3 Å². The minimum Gasteiger partial charge on any atom is -0.366 e. The second kappa shape index (κ2) is 13.7. The van der Waals surface area contributed by atoms with E-state index in [0.717, 1.165) is 23.6 Å². The molecule has 14 heteroatoms. The van der Waals surface area contributed by atoms with Crippen LogP contribution in [0.15, 0.2) is 28.1 Å². The van der Waals surface area contributed by atoms with Gasteiger partial charge in [0.15, 0.2) is 17.8 Å². The molecule has 2 aliphatic heterocycles. The van der Waals surface area contributed by atoms with Gasteiger partial charge in [-0.05, 0) is 24.2 Å². The van der Waals surface area contributed by atoms with Crippen LogP contribution in [0, 0.1) is 0 Å². The zero-order valence-corrected chi connectivity index (χ0v) is 28.6. The van der Waals surface area contributed by atoms with E-state index in [2.05, 4.69) is 49.4 Å². The Kier molecular flexibility index (Phi) is 10.7.